The molecule has 2 amide bonds. The van der Waals surface area contributed by atoms with E-state index in [1.165, 1.54) is 73.6 Å². The number of hydrogen-bond acceptors (Lipinski definition) is 9. The zero-order valence-corrected chi connectivity index (χ0v) is 29.4. The van der Waals surface area contributed by atoms with Crippen molar-refractivity contribution >= 4 is 46.8 Å². The number of anilines is 3. The summed E-state index contributed by atoms with van der Waals surface area (Å²) in [5.41, 5.74) is -1.96. The molecular formula is C39H38F3N3O8. The highest BCUT2D eigenvalue weighted by Gasteiger charge is 2.52. The smallest absolute Gasteiger partial charge is 0.416 e. The van der Waals surface area contributed by atoms with Crippen LogP contribution in [0.4, 0.5) is 30.2 Å². The van der Waals surface area contributed by atoms with E-state index in [2.05, 4.69) is 10.6 Å². The van der Waals surface area contributed by atoms with Crippen LogP contribution in [-0.2, 0) is 46.6 Å². The number of rotatable bonds is 14. The van der Waals surface area contributed by atoms with Crippen LogP contribution in [0.1, 0.15) is 51.3 Å². The highest BCUT2D eigenvalue weighted by molar-refractivity contribution is 6.12. The van der Waals surface area contributed by atoms with Gasteiger partial charge >= 0.3 is 24.1 Å². The van der Waals surface area contributed by atoms with Crippen LogP contribution in [0.3, 0.4) is 0 Å². The van der Waals surface area contributed by atoms with Gasteiger partial charge in [-0.15, -0.1) is 0 Å². The summed E-state index contributed by atoms with van der Waals surface area (Å²) in [5, 5.41) is 5.55. The Morgan fingerprint density at radius 1 is 0.679 bits per heavy atom. The molecule has 0 bridgehead atoms. The van der Waals surface area contributed by atoms with Crippen LogP contribution in [0.25, 0.3) is 0 Å². The zero-order valence-electron chi connectivity index (χ0n) is 29.4. The van der Waals surface area contributed by atoms with E-state index in [1.54, 1.807) is 44.2 Å². The number of benzene rings is 4. The van der Waals surface area contributed by atoms with Crippen molar-refractivity contribution in [1.82, 2.24) is 4.90 Å². The highest BCUT2D eigenvalue weighted by Crippen LogP contribution is 2.33. The number of esters is 3. The molecule has 278 valence electrons. The fourth-order valence-electron chi connectivity index (χ4n) is 5.29. The molecule has 0 aliphatic heterocycles. The van der Waals surface area contributed by atoms with Gasteiger partial charge in [0.2, 0.25) is 5.41 Å². The SMILES string of the molecule is CCOC(=O)C(COC(=O)Cc1ccc(NC(=O)c2ccccc2Nc2cccc(C(F)(F)F)c2)c(C(=O)N(C)C)c1)(C(=O)OCC)c1ccccc1. The van der Waals surface area contributed by atoms with Crippen molar-refractivity contribution in [3.8, 4) is 0 Å². The molecular weight excluding hydrogens is 695 g/mol. The van der Waals surface area contributed by atoms with Gasteiger partial charge in [-0.1, -0.05) is 54.6 Å². The molecule has 0 aliphatic carbocycles. The largest absolute Gasteiger partial charge is 0.465 e. The molecule has 0 atom stereocenters. The Hall–Kier alpha value is -6.18. The minimum atomic E-state index is -4.56. The molecule has 0 fully saturated rings. The third-order valence-electron chi connectivity index (χ3n) is 7.92. The van der Waals surface area contributed by atoms with E-state index in [0.717, 1.165) is 12.1 Å². The van der Waals surface area contributed by atoms with Crippen molar-refractivity contribution in [2.24, 2.45) is 0 Å². The summed E-state index contributed by atoms with van der Waals surface area (Å²) >= 11 is 0. The van der Waals surface area contributed by atoms with Crippen LogP contribution >= 0.6 is 0 Å². The molecule has 11 nitrogen and oxygen atoms in total. The first-order valence-electron chi connectivity index (χ1n) is 16.5. The summed E-state index contributed by atoms with van der Waals surface area (Å²) in [6.07, 6.45) is -4.95. The second kappa shape index (κ2) is 17.4. The maximum atomic E-state index is 13.6. The Morgan fingerprint density at radius 2 is 1.30 bits per heavy atom. The van der Waals surface area contributed by atoms with Crippen LogP contribution in [0.5, 0.6) is 0 Å². The quantitative estimate of drug-likeness (QED) is 0.0839. The lowest BCUT2D eigenvalue weighted by Gasteiger charge is -2.29. The molecule has 4 aromatic carbocycles. The van der Waals surface area contributed by atoms with Gasteiger partial charge in [-0.25, -0.2) is 0 Å². The van der Waals surface area contributed by atoms with E-state index < -0.39 is 53.5 Å². The molecule has 2 N–H and O–H groups in total. The normalized spacial score (nSPS) is 11.2. The average molecular weight is 734 g/mol. The lowest BCUT2D eigenvalue weighted by Crippen LogP contribution is -2.50. The van der Waals surface area contributed by atoms with Crippen LogP contribution in [-0.4, -0.2) is 68.5 Å². The van der Waals surface area contributed by atoms with E-state index in [1.807, 2.05) is 0 Å². The zero-order chi connectivity index (χ0) is 38.8. The number of hydrogen-bond donors (Lipinski definition) is 2. The van der Waals surface area contributed by atoms with Crippen molar-refractivity contribution in [2.75, 3.05) is 44.5 Å². The maximum absolute atomic E-state index is 13.6. The molecule has 0 radical (unpaired) electrons. The molecule has 4 rings (SSSR count). The van der Waals surface area contributed by atoms with Crippen LogP contribution in [0.2, 0.25) is 0 Å². The first-order valence-corrected chi connectivity index (χ1v) is 16.5. The molecule has 14 heteroatoms. The van der Waals surface area contributed by atoms with Crippen molar-refractivity contribution in [3.05, 3.63) is 125 Å². The molecule has 0 heterocycles. The lowest BCUT2D eigenvalue weighted by molar-refractivity contribution is -0.170. The summed E-state index contributed by atoms with van der Waals surface area (Å²) in [6, 6.07) is 22.9. The second-order valence-corrected chi connectivity index (χ2v) is 11.8. The van der Waals surface area contributed by atoms with Gasteiger partial charge in [0.1, 0.15) is 6.61 Å². The Labute approximate surface area is 304 Å². The van der Waals surface area contributed by atoms with Crippen molar-refractivity contribution in [2.45, 2.75) is 31.9 Å². The Balaban J connectivity index is 1.58. The molecule has 0 unspecified atom stereocenters. The third-order valence-corrected chi connectivity index (χ3v) is 7.92. The van der Waals surface area contributed by atoms with E-state index in [9.17, 15) is 37.1 Å². The first-order chi connectivity index (χ1) is 25.2. The number of nitrogens with one attached hydrogen (secondary N) is 2. The number of alkyl halides is 3. The number of nitrogens with zero attached hydrogens (tertiary/aromatic N) is 1. The van der Waals surface area contributed by atoms with Gasteiger partial charge in [-0.05, 0) is 67.4 Å². The molecule has 0 saturated carbocycles. The highest BCUT2D eigenvalue weighted by atomic mass is 19.4. The van der Waals surface area contributed by atoms with Gasteiger partial charge in [-0.2, -0.15) is 13.2 Å². The van der Waals surface area contributed by atoms with Gasteiger partial charge < -0.3 is 29.7 Å². The number of para-hydroxylation sites is 1. The van der Waals surface area contributed by atoms with Gasteiger partial charge in [0.25, 0.3) is 11.8 Å². The first kappa shape index (κ1) is 39.6. The van der Waals surface area contributed by atoms with Gasteiger partial charge in [0.05, 0.1) is 47.7 Å². The number of ether oxygens (including phenoxy) is 3. The van der Waals surface area contributed by atoms with Gasteiger partial charge in [0.15, 0.2) is 0 Å². The summed E-state index contributed by atoms with van der Waals surface area (Å²) in [4.78, 5) is 67.9. The molecule has 0 aliphatic rings. The average Bonchev–Trinajstić information content (AvgIpc) is 3.13. The number of amides is 2. The van der Waals surface area contributed by atoms with E-state index in [0.29, 0.717) is 5.56 Å². The van der Waals surface area contributed by atoms with E-state index >= 15 is 0 Å². The second-order valence-electron chi connectivity index (χ2n) is 11.8. The monoisotopic (exact) mass is 733 g/mol. The Bertz CT molecular complexity index is 1950. The summed E-state index contributed by atoms with van der Waals surface area (Å²) in [6.45, 7) is 2.31. The number of carbonyl (C=O) groups is 5. The maximum Gasteiger partial charge on any atom is 0.416 e. The minimum absolute atomic E-state index is 0.0219. The molecule has 4 aromatic rings. The summed E-state index contributed by atoms with van der Waals surface area (Å²) in [7, 11) is 2.99. The van der Waals surface area contributed by atoms with Crippen molar-refractivity contribution < 1.29 is 51.4 Å². The third kappa shape index (κ3) is 9.58. The Morgan fingerprint density at radius 3 is 1.92 bits per heavy atom. The number of halogens is 3. The number of carbonyl (C=O) groups excluding carboxylic acids is 5. The van der Waals surface area contributed by atoms with Crippen molar-refractivity contribution in [1.29, 1.82) is 0 Å². The minimum Gasteiger partial charge on any atom is -0.465 e. The topological polar surface area (TPSA) is 140 Å². The molecule has 0 saturated heterocycles. The molecule has 0 aromatic heterocycles. The van der Waals surface area contributed by atoms with E-state index in [-0.39, 0.29) is 53.4 Å². The fraction of sp³-hybridized carbons (Fsp3) is 0.256. The van der Waals surface area contributed by atoms with Crippen LogP contribution in [0, 0.1) is 0 Å². The Kier molecular flexibility index (Phi) is 13.0. The standard InChI is InChI=1S/C39H38F3N3O8/c1-5-51-36(49)38(37(50)52-6-2,26-13-8-7-9-14-26)24-53-33(46)22-25-19-20-32(30(21-25)35(48)45(3)4)44-34(47)29-17-10-11-18-31(29)43-28-16-12-15-27(23-28)39(40,41)42/h7-21,23,43H,5-6,22,24H2,1-4H3,(H,44,47). The summed E-state index contributed by atoms with van der Waals surface area (Å²) < 4.78 is 55.8. The van der Waals surface area contributed by atoms with E-state index in [4.69, 9.17) is 14.2 Å². The summed E-state index contributed by atoms with van der Waals surface area (Å²) in [5.74, 6) is -3.94. The fourth-order valence-corrected chi connectivity index (χ4v) is 5.29. The van der Waals surface area contributed by atoms with Gasteiger partial charge in [-0.3, -0.25) is 24.0 Å². The lowest BCUT2D eigenvalue weighted by atomic mass is 9.81. The predicted molar refractivity (Wildman–Crippen MR) is 190 cm³/mol. The van der Waals surface area contributed by atoms with Crippen molar-refractivity contribution in [3.63, 3.8) is 0 Å². The predicted octanol–water partition coefficient (Wildman–Crippen LogP) is 6.55. The van der Waals surface area contributed by atoms with Crippen LogP contribution < -0.4 is 10.6 Å². The van der Waals surface area contributed by atoms with Gasteiger partial charge in [0, 0.05) is 19.8 Å². The molecule has 53 heavy (non-hydrogen) atoms. The van der Waals surface area contributed by atoms with Crippen LogP contribution in [0.15, 0.2) is 97.1 Å². The molecule has 0 spiro atoms.